The van der Waals surface area contributed by atoms with Gasteiger partial charge in [0, 0.05) is 36.9 Å². The van der Waals surface area contributed by atoms with E-state index in [0.717, 1.165) is 18.8 Å². The molecular weight excluding hydrogens is 340 g/mol. The van der Waals surface area contributed by atoms with Gasteiger partial charge in [-0.3, -0.25) is 9.78 Å². The van der Waals surface area contributed by atoms with Gasteiger partial charge in [0.25, 0.3) is 5.91 Å². The Morgan fingerprint density at radius 2 is 1.67 bits per heavy atom. The second kappa shape index (κ2) is 7.82. The predicted octanol–water partition coefficient (Wildman–Crippen LogP) is 3.47. The quantitative estimate of drug-likeness (QED) is 0.725. The number of nitrogens with zero attached hydrogens (tertiary/aromatic N) is 4. The summed E-state index contributed by atoms with van der Waals surface area (Å²) in [6.07, 6.45) is 5.65. The summed E-state index contributed by atoms with van der Waals surface area (Å²) in [4.78, 5) is 18.4. The number of hydrogen-bond donors (Lipinski definition) is 2. The SMILES string of the molecule is O=C(Nc1ccc(Nc2ccc(N3CCCC3)cc2)nn1)c1cccnc1. The number of carbonyl (C=O) groups excluding carboxylic acids is 1. The predicted molar refractivity (Wildman–Crippen MR) is 105 cm³/mol. The Morgan fingerprint density at radius 1 is 0.926 bits per heavy atom. The van der Waals surface area contributed by atoms with Crippen molar-refractivity contribution in [3.63, 3.8) is 0 Å². The van der Waals surface area contributed by atoms with Crippen LogP contribution in [0.4, 0.5) is 23.0 Å². The fraction of sp³-hybridized carbons (Fsp3) is 0.200. The van der Waals surface area contributed by atoms with Crippen molar-refractivity contribution in [3.05, 3.63) is 66.5 Å². The van der Waals surface area contributed by atoms with Crippen LogP contribution in [-0.4, -0.2) is 34.2 Å². The Balaban J connectivity index is 1.37. The Bertz CT molecular complexity index is 890. The lowest BCUT2D eigenvalue weighted by atomic mass is 10.2. The average molecular weight is 360 g/mol. The highest BCUT2D eigenvalue weighted by atomic mass is 16.1. The highest BCUT2D eigenvalue weighted by Crippen LogP contribution is 2.23. The molecule has 1 aliphatic rings. The molecule has 136 valence electrons. The fourth-order valence-corrected chi connectivity index (χ4v) is 3.03. The van der Waals surface area contributed by atoms with Crippen LogP contribution in [0.1, 0.15) is 23.2 Å². The Kier molecular flexibility index (Phi) is 4.91. The van der Waals surface area contributed by atoms with E-state index < -0.39 is 0 Å². The molecule has 27 heavy (non-hydrogen) atoms. The number of nitrogens with one attached hydrogen (secondary N) is 2. The van der Waals surface area contributed by atoms with Crippen LogP contribution in [0.25, 0.3) is 0 Å². The van der Waals surface area contributed by atoms with E-state index >= 15 is 0 Å². The van der Waals surface area contributed by atoms with Crippen LogP contribution in [0.3, 0.4) is 0 Å². The molecule has 1 amide bonds. The molecule has 1 saturated heterocycles. The summed E-state index contributed by atoms with van der Waals surface area (Å²) in [5.74, 6) is 0.734. The molecule has 3 heterocycles. The molecule has 1 aliphatic heterocycles. The Hall–Kier alpha value is -3.48. The van der Waals surface area contributed by atoms with E-state index in [1.165, 1.54) is 24.7 Å². The molecule has 0 unspecified atom stereocenters. The maximum absolute atomic E-state index is 12.1. The van der Waals surface area contributed by atoms with Gasteiger partial charge in [0.15, 0.2) is 11.6 Å². The molecule has 0 aliphatic carbocycles. The third kappa shape index (κ3) is 4.20. The van der Waals surface area contributed by atoms with Crippen LogP contribution in [0, 0.1) is 0 Å². The topological polar surface area (TPSA) is 83.0 Å². The first-order valence-electron chi connectivity index (χ1n) is 8.95. The largest absolute Gasteiger partial charge is 0.372 e. The van der Waals surface area contributed by atoms with Crippen molar-refractivity contribution in [1.82, 2.24) is 15.2 Å². The first kappa shape index (κ1) is 17.0. The number of hydrogen-bond acceptors (Lipinski definition) is 6. The van der Waals surface area contributed by atoms with Gasteiger partial charge >= 0.3 is 0 Å². The third-order valence-electron chi connectivity index (χ3n) is 4.44. The number of pyridine rings is 1. The molecule has 0 saturated carbocycles. The number of carbonyl (C=O) groups is 1. The van der Waals surface area contributed by atoms with Gasteiger partial charge in [-0.15, -0.1) is 10.2 Å². The second-order valence-corrected chi connectivity index (χ2v) is 6.37. The van der Waals surface area contributed by atoms with Crippen LogP contribution in [0.2, 0.25) is 0 Å². The van der Waals surface area contributed by atoms with Gasteiger partial charge in [0.1, 0.15) is 0 Å². The second-order valence-electron chi connectivity index (χ2n) is 6.37. The minimum atomic E-state index is -0.268. The number of anilines is 4. The summed E-state index contributed by atoms with van der Waals surface area (Å²) in [6.45, 7) is 2.26. The van der Waals surface area contributed by atoms with Crippen molar-refractivity contribution in [2.75, 3.05) is 28.6 Å². The molecule has 4 rings (SSSR count). The lowest BCUT2D eigenvalue weighted by Gasteiger charge is -2.17. The fourth-order valence-electron chi connectivity index (χ4n) is 3.03. The van der Waals surface area contributed by atoms with E-state index in [0.29, 0.717) is 17.2 Å². The number of aromatic nitrogens is 3. The highest BCUT2D eigenvalue weighted by molar-refractivity contribution is 6.03. The van der Waals surface area contributed by atoms with Crippen molar-refractivity contribution >= 4 is 28.9 Å². The molecule has 0 bridgehead atoms. The molecule has 7 heteroatoms. The zero-order chi connectivity index (χ0) is 18.5. The van der Waals surface area contributed by atoms with E-state index in [1.807, 2.05) is 12.1 Å². The van der Waals surface area contributed by atoms with Crippen LogP contribution >= 0.6 is 0 Å². The minimum Gasteiger partial charge on any atom is -0.372 e. The van der Waals surface area contributed by atoms with Crippen molar-refractivity contribution in [1.29, 1.82) is 0 Å². The minimum absolute atomic E-state index is 0.268. The van der Waals surface area contributed by atoms with Gasteiger partial charge in [0.05, 0.1) is 5.56 Å². The van der Waals surface area contributed by atoms with Gasteiger partial charge in [-0.25, -0.2) is 0 Å². The molecule has 1 fully saturated rings. The number of rotatable bonds is 5. The maximum Gasteiger partial charge on any atom is 0.258 e. The summed E-state index contributed by atoms with van der Waals surface area (Å²) < 4.78 is 0. The normalized spacial score (nSPS) is 13.4. The Labute approximate surface area is 157 Å². The molecule has 1 aromatic carbocycles. The van der Waals surface area contributed by atoms with Gasteiger partial charge in [-0.05, 0) is 61.4 Å². The van der Waals surface area contributed by atoms with Crippen molar-refractivity contribution in [3.8, 4) is 0 Å². The van der Waals surface area contributed by atoms with Crippen LogP contribution < -0.4 is 15.5 Å². The van der Waals surface area contributed by atoms with Gasteiger partial charge in [-0.2, -0.15) is 0 Å². The molecule has 3 aromatic rings. The Morgan fingerprint density at radius 3 is 2.33 bits per heavy atom. The first-order valence-corrected chi connectivity index (χ1v) is 8.95. The summed E-state index contributed by atoms with van der Waals surface area (Å²) in [5, 5.41) is 14.1. The van der Waals surface area contributed by atoms with Crippen molar-refractivity contribution < 1.29 is 4.79 Å². The van der Waals surface area contributed by atoms with Crippen molar-refractivity contribution in [2.24, 2.45) is 0 Å². The van der Waals surface area contributed by atoms with Crippen LogP contribution in [-0.2, 0) is 0 Å². The summed E-state index contributed by atoms with van der Waals surface area (Å²) in [5.41, 5.74) is 2.66. The number of benzene rings is 1. The molecule has 7 nitrogen and oxygen atoms in total. The lowest BCUT2D eigenvalue weighted by molar-refractivity contribution is 0.102. The monoisotopic (exact) mass is 360 g/mol. The molecular formula is C20H20N6O. The van der Waals surface area contributed by atoms with E-state index in [1.54, 1.807) is 30.5 Å². The third-order valence-corrected chi connectivity index (χ3v) is 4.44. The van der Waals surface area contributed by atoms with E-state index in [9.17, 15) is 4.79 Å². The van der Waals surface area contributed by atoms with Crippen LogP contribution in [0.5, 0.6) is 0 Å². The molecule has 2 aromatic heterocycles. The zero-order valence-electron chi connectivity index (χ0n) is 14.8. The van der Waals surface area contributed by atoms with Gasteiger partial charge in [-0.1, -0.05) is 0 Å². The zero-order valence-corrected chi connectivity index (χ0v) is 14.8. The summed E-state index contributed by atoms with van der Waals surface area (Å²) in [7, 11) is 0. The number of amides is 1. The lowest BCUT2D eigenvalue weighted by Crippen LogP contribution is -2.17. The molecule has 0 radical (unpaired) electrons. The van der Waals surface area contributed by atoms with Gasteiger partial charge in [0.2, 0.25) is 0 Å². The molecule has 2 N–H and O–H groups in total. The average Bonchev–Trinajstić information content (AvgIpc) is 3.26. The van der Waals surface area contributed by atoms with Crippen molar-refractivity contribution in [2.45, 2.75) is 12.8 Å². The molecule has 0 spiro atoms. The molecule has 0 atom stereocenters. The van der Waals surface area contributed by atoms with Crippen LogP contribution in [0.15, 0.2) is 60.9 Å². The summed E-state index contributed by atoms with van der Waals surface area (Å²) >= 11 is 0. The first-order chi connectivity index (χ1) is 13.3. The maximum atomic E-state index is 12.1. The standard InChI is InChI=1S/C20H20N6O/c27-20(15-4-3-11-21-14-15)23-19-10-9-18(24-25-19)22-16-5-7-17(8-6-16)26-12-1-2-13-26/h3-11,14H,1-2,12-13H2,(H,22,24)(H,23,25,27). The van der Waals surface area contributed by atoms with E-state index in [-0.39, 0.29) is 5.91 Å². The van der Waals surface area contributed by atoms with Gasteiger partial charge < -0.3 is 15.5 Å². The van der Waals surface area contributed by atoms with E-state index in [2.05, 4.69) is 42.8 Å². The highest BCUT2D eigenvalue weighted by Gasteiger charge is 2.12. The van der Waals surface area contributed by atoms with E-state index in [4.69, 9.17) is 0 Å². The summed E-state index contributed by atoms with van der Waals surface area (Å²) in [6, 6.07) is 15.2. The smallest absolute Gasteiger partial charge is 0.258 e.